The van der Waals surface area contributed by atoms with Crippen molar-refractivity contribution in [3.63, 3.8) is 0 Å². The van der Waals surface area contributed by atoms with Gasteiger partial charge < -0.3 is 5.32 Å². The molecule has 0 aliphatic carbocycles. The quantitative estimate of drug-likeness (QED) is 0.673. The minimum absolute atomic E-state index is 0.00869. The number of nitrogens with one attached hydrogen (secondary N) is 2. The summed E-state index contributed by atoms with van der Waals surface area (Å²) in [6.45, 7) is 9.35. The number of benzene rings is 1. The second-order valence-corrected chi connectivity index (χ2v) is 7.36. The van der Waals surface area contributed by atoms with Crippen LogP contribution in [0, 0.1) is 27.7 Å². The third kappa shape index (κ3) is 4.45. The highest BCUT2D eigenvalue weighted by Gasteiger charge is 2.17. The normalized spacial score (nSPS) is 12.0. The molecule has 0 radical (unpaired) electrons. The highest BCUT2D eigenvalue weighted by Crippen LogP contribution is 2.18. The molecule has 0 spiro atoms. The van der Waals surface area contributed by atoms with Gasteiger partial charge in [-0.15, -0.1) is 0 Å². The first kappa shape index (κ1) is 20.5. The first-order valence-corrected chi connectivity index (χ1v) is 9.75. The van der Waals surface area contributed by atoms with E-state index in [9.17, 15) is 9.59 Å². The van der Waals surface area contributed by atoms with E-state index < -0.39 is 0 Å². The molecule has 1 atom stereocenters. The number of aromatic nitrogens is 4. The standard InChI is InChI=1S/C22H27N5O2/c1-13-14(2)24-22(25-21(13)29)27-17(5)19(16(4)26-27)11-12-20(28)23-15(3)18-9-7-6-8-10-18/h6-10,15H,11-12H2,1-5H3,(H,23,28)(H,24,25,29). The van der Waals surface area contributed by atoms with Crippen LogP contribution in [-0.4, -0.2) is 25.7 Å². The van der Waals surface area contributed by atoms with Gasteiger partial charge in [0.1, 0.15) is 0 Å². The van der Waals surface area contributed by atoms with E-state index >= 15 is 0 Å². The number of rotatable bonds is 6. The fourth-order valence-corrected chi connectivity index (χ4v) is 3.35. The van der Waals surface area contributed by atoms with Crippen LogP contribution >= 0.6 is 0 Å². The largest absolute Gasteiger partial charge is 0.350 e. The molecule has 1 unspecified atom stereocenters. The van der Waals surface area contributed by atoms with Gasteiger partial charge in [0, 0.05) is 23.4 Å². The van der Waals surface area contributed by atoms with Crippen molar-refractivity contribution in [2.45, 2.75) is 53.5 Å². The number of hydrogen-bond donors (Lipinski definition) is 2. The summed E-state index contributed by atoms with van der Waals surface area (Å²) in [5.74, 6) is 0.387. The summed E-state index contributed by atoms with van der Waals surface area (Å²) >= 11 is 0. The number of carbonyl (C=O) groups excluding carboxylic acids is 1. The Kier molecular flexibility index (Phi) is 5.96. The zero-order valence-corrected chi connectivity index (χ0v) is 17.5. The Bertz CT molecular complexity index is 1080. The lowest BCUT2D eigenvalue weighted by Gasteiger charge is -2.14. The lowest BCUT2D eigenvalue weighted by Crippen LogP contribution is -2.26. The summed E-state index contributed by atoms with van der Waals surface area (Å²) in [6, 6.07) is 9.84. The Balaban J connectivity index is 1.72. The van der Waals surface area contributed by atoms with E-state index in [0.717, 1.165) is 22.5 Å². The smallest absolute Gasteiger partial charge is 0.255 e. The van der Waals surface area contributed by atoms with E-state index in [-0.39, 0.29) is 17.5 Å². The van der Waals surface area contributed by atoms with Crippen LogP contribution in [0.25, 0.3) is 5.95 Å². The molecule has 2 N–H and O–H groups in total. The van der Waals surface area contributed by atoms with E-state index in [1.807, 2.05) is 51.1 Å². The van der Waals surface area contributed by atoms with Gasteiger partial charge in [0.05, 0.1) is 11.7 Å². The summed E-state index contributed by atoms with van der Waals surface area (Å²) in [5, 5.41) is 7.57. The van der Waals surface area contributed by atoms with Crippen LogP contribution < -0.4 is 10.9 Å². The zero-order chi connectivity index (χ0) is 21.1. The molecule has 0 saturated carbocycles. The van der Waals surface area contributed by atoms with Crippen LogP contribution in [0.5, 0.6) is 0 Å². The van der Waals surface area contributed by atoms with Crippen molar-refractivity contribution in [2.24, 2.45) is 0 Å². The van der Waals surface area contributed by atoms with E-state index in [2.05, 4.69) is 20.4 Å². The number of carbonyl (C=O) groups is 1. The van der Waals surface area contributed by atoms with Gasteiger partial charge in [-0.25, -0.2) is 9.67 Å². The average Bonchev–Trinajstić information content (AvgIpc) is 2.98. The molecule has 0 saturated heterocycles. The molecule has 2 heterocycles. The van der Waals surface area contributed by atoms with Crippen molar-refractivity contribution in [2.75, 3.05) is 0 Å². The minimum atomic E-state index is -0.170. The second-order valence-electron chi connectivity index (χ2n) is 7.36. The van der Waals surface area contributed by atoms with Crippen molar-refractivity contribution in [1.29, 1.82) is 0 Å². The van der Waals surface area contributed by atoms with Crippen LogP contribution in [0.1, 0.15) is 53.2 Å². The number of nitrogens with zero attached hydrogens (tertiary/aromatic N) is 3. The maximum atomic E-state index is 12.4. The first-order valence-electron chi connectivity index (χ1n) is 9.75. The Labute approximate surface area is 170 Å². The number of H-pyrrole nitrogens is 1. The minimum Gasteiger partial charge on any atom is -0.350 e. The number of amides is 1. The fourth-order valence-electron chi connectivity index (χ4n) is 3.35. The molecule has 7 nitrogen and oxygen atoms in total. The van der Waals surface area contributed by atoms with Gasteiger partial charge in [0.15, 0.2) is 0 Å². The van der Waals surface area contributed by atoms with Crippen LogP contribution in [0.2, 0.25) is 0 Å². The molecule has 29 heavy (non-hydrogen) atoms. The third-order valence-corrected chi connectivity index (χ3v) is 5.30. The SMILES string of the molecule is Cc1nn(-c2nc(C)c(C)c(=O)[nH]2)c(C)c1CCC(=O)NC(C)c1ccccc1. The fraction of sp³-hybridized carbons (Fsp3) is 0.364. The van der Waals surface area contributed by atoms with Gasteiger partial charge in [-0.3, -0.25) is 14.6 Å². The van der Waals surface area contributed by atoms with E-state index in [0.29, 0.717) is 30.0 Å². The predicted molar refractivity (Wildman–Crippen MR) is 112 cm³/mol. The zero-order valence-electron chi connectivity index (χ0n) is 17.5. The van der Waals surface area contributed by atoms with E-state index in [1.165, 1.54) is 0 Å². The van der Waals surface area contributed by atoms with Crippen LogP contribution in [0.15, 0.2) is 35.1 Å². The third-order valence-electron chi connectivity index (χ3n) is 5.30. The van der Waals surface area contributed by atoms with Crippen molar-refractivity contribution in [3.8, 4) is 5.95 Å². The highest BCUT2D eigenvalue weighted by molar-refractivity contribution is 5.76. The predicted octanol–water partition coefficient (Wildman–Crippen LogP) is 3.00. The van der Waals surface area contributed by atoms with Gasteiger partial charge in [-0.1, -0.05) is 30.3 Å². The number of aryl methyl sites for hydroxylation is 2. The summed E-state index contributed by atoms with van der Waals surface area (Å²) < 4.78 is 1.64. The lowest BCUT2D eigenvalue weighted by molar-refractivity contribution is -0.121. The molecule has 1 amide bonds. The molecular formula is C22H27N5O2. The molecule has 0 fully saturated rings. The lowest BCUT2D eigenvalue weighted by atomic mass is 10.1. The number of hydrogen-bond acceptors (Lipinski definition) is 4. The van der Waals surface area contributed by atoms with Crippen LogP contribution in [-0.2, 0) is 11.2 Å². The summed E-state index contributed by atoms with van der Waals surface area (Å²) in [4.78, 5) is 31.7. The first-order chi connectivity index (χ1) is 13.8. The molecule has 0 aliphatic rings. The summed E-state index contributed by atoms with van der Waals surface area (Å²) in [5.41, 5.74) is 4.87. The van der Waals surface area contributed by atoms with E-state index in [1.54, 1.807) is 18.5 Å². The maximum Gasteiger partial charge on any atom is 0.255 e. The molecule has 1 aromatic carbocycles. The van der Waals surface area contributed by atoms with E-state index in [4.69, 9.17) is 0 Å². The van der Waals surface area contributed by atoms with Crippen molar-refractivity contribution in [1.82, 2.24) is 25.1 Å². The molecule has 0 bridgehead atoms. The van der Waals surface area contributed by atoms with Crippen molar-refractivity contribution in [3.05, 3.63) is 74.5 Å². The molecule has 7 heteroatoms. The topological polar surface area (TPSA) is 92.7 Å². The van der Waals surface area contributed by atoms with Gasteiger partial charge in [0.2, 0.25) is 11.9 Å². The number of aromatic amines is 1. The average molecular weight is 393 g/mol. The van der Waals surface area contributed by atoms with Gasteiger partial charge in [-0.05, 0) is 52.2 Å². The highest BCUT2D eigenvalue weighted by atomic mass is 16.1. The summed E-state index contributed by atoms with van der Waals surface area (Å²) in [6.07, 6.45) is 0.932. The Morgan fingerprint density at radius 3 is 2.48 bits per heavy atom. The molecule has 3 aromatic rings. The second kappa shape index (κ2) is 8.43. The molecule has 2 aromatic heterocycles. The van der Waals surface area contributed by atoms with Gasteiger partial charge in [-0.2, -0.15) is 5.10 Å². The van der Waals surface area contributed by atoms with Gasteiger partial charge >= 0.3 is 0 Å². The molecule has 152 valence electrons. The Hall–Kier alpha value is -3.22. The Morgan fingerprint density at radius 1 is 1.14 bits per heavy atom. The molecule has 0 aliphatic heterocycles. The maximum absolute atomic E-state index is 12.4. The molecular weight excluding hydrogens is 366 g/mol. The Morgan fingerprint density at radius 2 is 1.83 bits per heavy atom. The van der Waals surface area contributed by atoms with Crippen LogP contribution in [0.3, 0.4) is 0 Å². The van der Waals surface area contributed by atoms with Crippen molar-refractivity contribution < 1.29 is 4.79 Å². The van der Waals surface area contributed by atoms with Crippen molar-refractivity contribution >= 4 is 5.91 Å². The summed E-state index contributed by atoms with van der Waals surface area (Å²) in [7, 11) is 0. The van der Waals surface area contributed by atoms with Crippen LogP contribution in [0.4, 0.5) is 0 Å². The van der Waals surface area contributed by atoms with Gasteiger partial charge in [0.25, 0.3) is 5.56 Å². The monoisotopic (exact) mass is 393 g/mol. The molecule has 3 rings (SSSR count).